The van der Waals surface area contributed by atoms with Gasteiger partial charge in [-0.1, -0.05) is 54.6 Å². The third kappa shape index (κ3) is 7.12. The SMILES string of the molecule is COC(=O)Cc1ccc(CNC(=O)NC2=CC(F)=C(c3ccccc3)C(F)(OC(F)(F)F)C2)cc1. The molecular formula is C24H21F5N2O4. The second kappa shape index (κ2) is 10.7. The second-order valence-electron chi connectivity index (χ2n) is 7.59. The number of halogens is 5. The lowest BCUT2D eigenvalue weighted by Gasteiger charge is -2.33. The molecule has 3 rings (SSSR count). The molecular weight excluding hydrogens is 475 g/mol. The summed E-state index contributed by atoms with van der Waals surface area (Å²) in [5.74, 6) is -5.33. The monoisotopic (exact) mass is 496 g/mol. The van der Waals surface area contributed by atoms with Crippen molar-refractivity contribution >= 4 is 17.6 Å². The number of amides is 2. The van der Waals surface area contributed by atoms with Gasteiger partial charge in [-0.25, -0.2) is 18.3 Å². The van der Waals surface area contributed by atoms with Crippen molar-refractivity contribution in [2.75, 3.05) is 7.11 Å². The van der Waals surface area contributed by atoms with Gasteiger partial charge < -0.3 is 15.4 Å². The van der Waals surface area contributed by atoms with Gasteiger partial charge >= 0.3 is 18.4 Å². The zero-order valence-electron chi connectivity index (χ0n) is 18.4. The van der Waals surface area contributed by atoms with E-state index in [4.69, 9.17) is 0 Å². The summed E-state index contributed by atoms with van der Waals surface area (Å²) in [6.07, 6.45) is -5.66. The average molecular weight is 496 g/mol. The summed E-state index contributed by atoms with van der Waals surface area (Å²) in [6, 6.07) is 12.6. The molecule has 0 saturated heterocycles. The van der Waals surface area contributed by atoms with Gasteiger partial charge in [0.2, 0.25) is 0 Å². The van der Waals surface area contributed by atoms with Crippen LogP contribution in [0.5, 0.6) is 0 Å². The predicted octanol–water partition coefficient (Wildman–Crippen LogP) is 5.07. The maximum absolute atomic E-state index is 15.5. The fourth-order valence-electron chi connectivity index (χ4n) is 3.48. The molecule has 0 heterocycles. The first-order valence-electron chi connectivity index (χ1n) is 10.3. The molecule has 0 bridgehead atoms. The Morgan fingerprint density at radius 3 is 2.26 bits per heavy atom. The first-order valence-corrected chi connectivity index (χ1v) is 10.3. The van der Waals surface area contributed by atoms with Gasteiger partial charge in [0.1, 0.15) is 5.83 Å². The van der Waals surface area contributed by atoms with Crippen LogP contribution in [0.25, 0.3) is 5.57 Å². The second-order valence-corrected chi connectivity index (χ2v) is 7.59. The summed E-state index contributed by atoms with van der Waals surface area (Å²) in [4.78, 5) is 23.5. The highest BCUT2D eigenvalue weighted by atomic mass is 19.4. The summed E-state index contributed by atoms with van der Waals surface area (Å²) in [7, 11) is 1.27. The summed E-state index contributed by atoms with van der Waals surface area (Å²) >= 11 is 0. The van der Waals surface area contributed by atoms with Gasteiger partial charge in [-0.15, -0.1) is 13.2 Å². The number of rotatable bonds is 7. The highest BCUT2D eigenvalue weighted by Crippen LogP contribution is 2.46. The number of alkyl halides is 4. The van der Waals surface area contributed by atoms with Crippen LogP contribution >= 0.6 is 0 Å². The Kier molecular flexibility index (Phi) is 7.90. The number of urea groups is 1. The number of benzene rings is 2. The van der Waals surface area contributed by atoms with E-state index in [1.54, 1.807) is 24.3 Å². The summed E-state index contributed by atoms with van der Waals surface area (Å²) in [5, 5.41) is 4.61. The number of carbonyl (C=O) groups excluding carboxylic acids is 2. The summed E-state index contributed by atoms with van der Waals surface area (Å²) in [6.45, 7) is 0.00498. The summed E-state index contributed by atoms with van der Waals surface area (Å²) < 4.78 is 77.5. The largest absolute Gasteiger partial charge is 0.525 e. The van der Waals surface area contributed by atoms with Gasteiger partial charge in [-0.3, -0.25) is 4.79 Å². The van der Waals surface area contributed by atoms with E-state index < -0.39 is 47.7 Å². The van der Waals surface area contributed by atoms with Gasteiger partial charge in [0.25, 0.3) is 5.85 Å². The van der Waals surface area contributed by atoms with E-state index in [1.807, 2.05) is 0 Å². The molecule has 35 heavy (non-hydrogen) atoms. The van der Waals surface area contributed by atoms with Crippen LogP contribution in [0.1, 0.15) is 23.1 Å². The maximum atomic E-state index is 15.5. The topological polar surface area (TPSA) is 76.7 Å². The molecule has 1 unspecified atom stereocenters. The first kappa shape index (κ1) is 25.9. The number of carbonyl (C=O) groups is 2. The van der Waals surface area contributed by atoms with Gasteiger partial charge in [-0.2, -0.15) is 0 Å². The van der Waals surface area contributed by atoms with E-state index in [0.717, 1.165) is 6.08 Å². The van der Waals surface area contributed by atoms with Crippen LogP contribution in [-0.2, 0) is 27.2 Å². The van der Waals surface area contributed by atoms with Gasteiger partial charge in [-0.05, 0) is 22.8 Å². The minimum absolute atomic E-state index is 0.00498. The smallest absolute Gasteiger partial charge is 0.469 e. The van der Waals surface area contributed by atoms with E-state index in [1.165, 1.54) is 37.4 Å². The van der Waals surface area contributed by atoms with E-state index in [0.29, 0.717) is 11.1 Å². The van der Waals surface area contributed by atoms with Crippen molar-refractivity contribution < 1.29 is 41.0 Å². The Hall–Kier alpha value is -3.73. The Morgan fingerprint density at radius 2 is 1.66 bits per heavy atom. The Bertz CT molecular complexity index is 1130. The number of ether oxygens (including phenoxy) is 2. The molecule has 2 N–H and O–H groups in total. The van der Waals surface area contributed by atoms with Crippen molar-refractivity contribution in [2.45, 2.75) is 31.6 Å². The number of methoxy groups -OCH3 is 1. The fourth-order valence-corrected chi connectivity index (χ4v) is 3.48. The molecule has 6 nitrogen and oxygen atoms in total. The van der Waals surface area contributed by atoms with Crippen LogP contribution in [0.4, 0.5) is 26.7 Å². The molecule has 0 saturated carbocycles. The van der Waals surface area contributed by atoms with E-state index in [9.17, 15) is 27.2 Å². The van der Waals surface area contributed by atoms with E-state index in [2.05, 4.69) is 20.1 Å². The number of hydrogen-bond donors (Lipinski definition) is 2. The Balaban J connectivity index is 1.71. The molecule has 0 radical (unpaired) electrons. The maximum Gasteiger partial charge on any atom is 0.525 e. The normalized spacial score (nSPS) is 18.1. The molecule has 1 atom stereocenters. The molecule has 1 aliphatic rings. The average Bonchev–Trinajstić information content (AvgIpc) is 2.77. The van der Waals surface area contributed by atoms with Crippen molar-refractivity contribution in [3.63, 3.8) is 0 Å². The third-order valence-electron chi connectivity index (χ3n) is 5.00. The van der Waals surface area contributed by atoms with Crippen LogP contribution < -0.4 is 10.6 Å². The van der Waals surface area contributed by atoms with Crippen LogP contribution in [0.15, 0.2) is 72.2 Å². The molecule has 0 aromatic heterocycles. The van der Waals surface area contributed by atoms with Gasteiger partial charge in [0, 0.05) is 12.2 Å². The predicted molar refractivity (Wildman–Crippen MR) is 116 cm³/mol. The van der Waals surface area contributed by atoms with Crippen LogP contribution in [0, 0.1) is 0 Å². The van der Waals surface area contributed by atoms with Crippen molar-refractivity contribution in [1.82, 2.24) is 10.6 Å². The number of nitrogens with one attached hydrogen (secondary N) is 2. The lowest BCUT2D eigenvalue weighted by Crippen LogP contribution is -2.42. The van der Waals surface area contributed by atoms with Crippen molar-refractivity contribution in [1.29, 1.82) is 0 Å². The molecule has 2 amide bonds. The van der Waals surface area contributed by atoms with E-state index >= 15 is 4.39 Å². The zero-order chi connectivity index (χ0) is 25.6. The minimum Gasteiger partial charge on any atom is -0.469 e. The zero-order valence-corrected chi connectivity index (χ0v) is 18.4. The lowest BCUT2D eigenvalue weighted by atomic mass is 9.90. The Morgan fingerprint density at radius 1 is 1.03 bits per heavy atom. The molecule has 186 valence electrons. The van der Waals surface area contributed by atoms with Gasteiger partial charge in [0.15, 0.2) is 0 Å². The first-order chi connectivity index (χ1) is 16.5. The van der Waals surface area contributed by atoms with Crippen molar-refractivity contribution in [3.05, 3.63) is 88.9 Å². The Labute approximate surface area is 197 Å². The van der Waals surface area contributed by atoms with Crippen molar-refractivity contribution in [2.24, 2.45) is 0 Å². The van der Waals surface area contributed by atoms with Crippen LogP contribution in [0.2, 0.25) is 0 Å². The minimum atomic E-state index is -5.40. The third-order valence-corrected chi connectivity index (χ3v) is 5.00. The van der Waals surface area contributed by atoms with Gasteiger partial charge in [0.05, 0.1) is 25.5 Å². The highest BCUT2D eigenvalue weighted by molar-refractivity contribution is 5.79. The molecule has 0 aliphatic heterocycles. The molecule has 11 heteroatoms. The fraction of sp³-hybridized carbons (Fsp3) is 0.250. The van der Waals surface area contributed by atoms with Crippen LogP contribution in [0.3, 0.4) is 0 Å². The number of allylic oxidation sites excluding steroid dienone is 2. The number of hydrogen-bond acceptors (Lipinski definition) is 4. The molecule has 1 aliphatic carbocycles. The van der Waals surface area contributed by atoms with E-state index in [-0.39, 0.29) is 18.5 Å². The summed E-state index contributed by atoms with van der Waals surface area (Å²) in [5.41, 5.74) is -0.164. The molecule has 2 aromatic rings. The standard InChI is InChI=1S/C24H21F5N2O4/c1-34-20(32)11-15-7-9-16(10-8-15)14-30-22(33)31-18-12-19(25)21(17-5-3-2-4-6-17)23(26,13-18)35-24(27,28)29/h2-10,12H,11,13-14H2,1H3,(H2,30,31,33). The number of esters is 1. The molecule has 0 spiro atoms. The lowest BCUT2D eigenvalue weighted by molar-refractivity contribution is -0.378. The highest BCUT2D eigenvalue weighted by Gasteiger charge is 2.50. The van der Waals surface area contributed by atoms with Crippen molar-refractivity contribution in [3.8, 4) is 0 Å². The quantitative estimate of drug-likeness (QED) is 0.415. The van der Waals surface area contributed by atoms with Crippen LogP contribution in [-0.4, -0.2) is 31.3 Å². The molecule has 2 aromatic carbocycles. The molecule has 0 fully saturated rings.